The molecule has 0 aliphatic rings. The Morgan fingerprint density at radius 1 is 1.41 bits per heavy atom. The molecule has 0 unspecified atom stereocenters. The molecule has 1 amide bonds. The highest BCUT2D eigenvalue weighted by atomic mass is 35.5. The standard InChI is InChI=1S/C18H13ClN4O2S2/c1-10-3-4-11(8-14(10)19)15-6-5-13(25-15)7-12(9-20)16(24)21-17-22-18(26-2)23-27-17/h3-8H,1-2H3,(H,21,22,23,24)/b12-7-. The SMILES string of the molecule is CSc1nsc(NC(=O)/C(C#N)=C\c2ccc(-c3ccc(C)c(Cl)c3)o2)n1. The van der Waals surface area contributed by atoms with Gasteiger partial charge >= 0.3 is 0 Å². The summed E-state index contributed by atoms with van der Waals surface area (Å²) in [5, 5.41) is 13.4. The Kier molecular flexibility index (Phi) is 5.96. The van der Waals surface area contributed by atoms with E-state index in [1.165, 1.54) is 17.8 Å². The van der Waals surface area contributed by atoms with Crippen molar-refractivity contribution < 1.29 is 9.21 Å². The summed E-state index contributed by atoms with van der Waals surface area (Å²) in [5.74, 6) is 0.405. The van der Waals surface area contributed by atoms with Crippen LogP contribution in [0, 0.1) is 18.3 Å². The van der Waals surface area contributed by atoms with Crippen LogP contribution in [0.15, 0.2) is 45.5 Å². The van der Waals surface area contributed by atoms with Crippen LogP contribution >= 0.6 is 34.9 Å². The van der Waals surface area contributed by atoms with E-state index in [1.54, 1.807) is 18.2 Å². The van der Waals surface area contributed by atoms with Gasteiger partial charge in [0.15, 0.2) is 0 Å². The molecule has 2 heterocycles. The van der Waals surface area contributed by atoms with Gasteiger partial charge in [0.2, 0.25) is 10.3 Å². The van der Waals surface area contributed by atoms with Crippen molar-refractivity contribution in [2.24, 2.45) is 0 Å². The summed E-state index contributed by atoms with van der Waals surface area (Å²) in [6.07, 6.45) is 3.22. The van der Waals surface area contributed by atoms with Crippen molar-refractivity contribution >= 4 is 52.0 Å². The molecule has 0 aliphatic heterocycles. The van der Waals surface area contributed by atoms with E-state index in [-0.39, 0.29) is 5.57 Å². The third-order valence-electron chi connectivity index (χ3n) is 3.55. The molecule has 2 aromatic heterocycles. The molecule has 0 spiro atoms. The summed E-state index contributed by atoms with van der Waals surface area (Å²) in [6, 6.07) is 10.9. The maximum atomic E-state index is 12.3. The molecule has 136 valence electrons. The molecule has 0 fully saturated rings. The molecule has 9 heteroatoms. The van der Waals surface area contributed by atoms with E-state index >= 15 is 0 Å². The topological polar surface area (TPSA) is 91.8 Å². The number of anilines is 1. The number of nitrogens with one attached hydrogen (secondary N) is 1. The number of rotatable bonds is 5. The molecule has 6 nitrogen and oxygen atoms in total. The number of halogens is 1. The fraction of sp³-hybridized carbons (Fsp3) is 0.111. The fourth-order valence-electron chi connectivity index (χ4n) is 2.13. The summed E-state index contributed by atoms with van der Waals surface area (Å²) >= 11 is 8.57. The number of amides is 1. The Balaban J connectivity index is 1.79. The van der Waals surface area contributed by atoms with Gasteiger partial charge in [0.05, 0.1) is 0 Å². The number of carbonyl (C=O) groups excluding carboxylic acids is 1. The summed E-state index contributed by atoms with van der Waals surface area (Å²) in [5.41, 5.74) is 1.68. The number of nitriles is 1. The third kappa shape index (κ3) is 4.57. The predicted octanol–water partition coefficient (Wildman–Crippen LogP) is 5.03. The van der Waals surface area contributed by atoms with Gasteiger partial charge in [0.25, 0.3) is 5.91 Å². The fourth-order valence-corrected chi connectivity index (χ4v) is 3.43. The van der Waals surface area contributed by atoms with E-state index in [1.807, 2.05) is 31.4 Å². The van der Waals surface area contributed by atoms with Gasteiger partial charge < -0.3 is 4.42 Å². The average molecular weight is 417 g/mol. The summed E-state index contributed by atoms with van der Waals surface area (Å²) in [6.45, 7) is 1.92. The van der Waals surface area contributed by atoms with Gasteiger partial charge in [-0.2, -0.15) is 14.6 Å². The molecule has 3 aromatic rings. The van der Waals surface area contributed by atoms with E-state index in [9.17, 15) is 10.1 Å². The Morgan fingerprint density at radius 3 is 2.89 bits per heavy atom. The first-order valence-corrected chi connectivity index (χ1v) is 10.0. The molecule has 0 aliphatic carbocycles. The highest BCUT2D eigenvalue weighted by Crippen LogP contribution is 2.27. The van der Waals surface area contributed by atoms with Crippen molar-refractivity contribution in [3.63, 3.8) is 0 Å². The van der Waals surface area contributed by atoms with Crippen molar-refractivity contribution in [2.75, 3.05) is 11.6 Å². The van der Waals surface area contributed by atoms with Gasteiger partial charge in [-0.3, -0.25) is 10.1 Å². The second-order valence-corrected chi connectivity index (χ2v) is 7.31. The van der Waals surface area contributed by atoms with Crippen LogP contribution in [0.2, 0.25) is 5.02 Å². The second-order valence-electron chi connectivity index (χ2n) is 5.38. The molecule has 0 saturated carbocycles. The van der Waals surface area contributed by atoms with Crippen molar-refractivity contribution in [2.45, 2.75) is 12.1 Å². The average Bonchev–Trinajstić information content (AvgIpc) is 3.31. The lowest BCUT2D eigenvalue weighted by atomic mass is 10.1. The smallest absolute Gasteiger partial charge is 0.268 e. The largest absolute Gasteiger partial charge is 0.457 e. The first-order valence-electron chi connectivity index (χ1n) is 7.67. The van der Waals surface area contributed by atoms with E-state index in [0.717, 1.165) is 22.7 Å². The van der Waals surface area contributed by atoms with Gasteiger partial charge in [-0.05, 0) is 36.9 Å². The first-order chi connectivity index (χ1) is 13.0. The number of furan rings is 1. The van der Waals surface area contributed by atoms with Gasteiger partial charge in [0.1, 0.15) is 23.2 Å². The van der Waals surface area contributed by atoms with Gasteiger partial charge in [0, 0.05) is 28.2 Å². The number of hydrogen-bond donors (Lipinski definition) is 1. The molecule has 1 aromatic carbocycles. The van der Waals surface area contributed by atoms with Crippen LogP contribution in [-0.4, -0.2) is 21.5 Å². The second kappa shape index (κ2) is 8.39. The lowest BCUT2D eigenvalue weighted by Gasteiger charge is -2.01. The molecule has 0 atom stereocenters. The Morgan fingerprint density at radius 2 is 2.22 bits per heavy atom. The van der Waals surface area contributed by atoms with Crippen LogP contribution in [0.4, 0.5) is 5.13 Å². The minimum Gasteiger partial charge on any atom is -0.457 e. The lowest BCUT2D eigenvalue weighted by Crippen LogP contribution is -2.13. The number of aryl methyl sites for hydroxylation is 1. The number of aromatic nitrogens is 2. The molecular formula is C18H13ClN4O2S2. The number of hydrogen-bond acceptors (Lipinski definition) is 7. The maximum Gasteiger partial charge on any atom is 0.268 e. The lowest BCUT2D eigenvalue weighted by molar-refractivity contribution is -0.112. The quantitative estimate of drug-likeness (QED) is 0.356. The van der Waals surface area contributed by atoms with Crippen molar-refractivity contribution in [1.29, 1.82) is 5.26 Å². The van der Waals surface area contributed by atoms with Crippen molar-refractivity contribution in [3.8, 4) is 17.4 Å². The zero-order chi connectivity index (χ0) is 19.4. The minimum atomic E-state index is -0.572. The zero-order valence-corrected chi connectivity index (χ0v) is 16.7. The van der Waals surface area contributed by atoms with Gasteiger partial charge in [-0.1, -0.05) is 35.5 Å². The van der Waals surface area contributed by atoms with Crippen LogP contribution < -0.4 is 5.32 Å². The van der Waals surface area contributed by atoms with E-state index in [0.29, 0.717) is 26.8 Å². The number of benzene rings is 1. The summed E-state index contributed by atoms with van der Waals surface area (Å²) in [4.78, 5) is 16.4. The highest BCUT2D eigenvalue weighted by molar-refractivity contribution is 7.98. The Bertz CT molecular complexity index is 1070. The molecule has 0 bridgehead atoms. The number of nitrogens with zero attached hydrogens (tertiary/aromatic N) is 3. The normalized spacial score (nSPS) is 11.3. The van der Waals surface area contributed by atoms with E-state index in [4.69, 9.17) is 16.0 Å². The zero-order valence-electron chi connectivity index (χ0n) is 14.3. The Labute approximate surface area is 169 Å². The number of carbonyl (C=O) groups is 1. The van der Waals surface area contributed by atoms with Gasteiger partial charge in [-0.15, -0.1) is 0 Å². The molecule has 3 rings (SSSR count). The third-order valence-corrected chi connectivity index (χ3v) is 5.25. The molecular weight excluding hydrogens is 404 g/mol. The molecule has 1 N–H and O–H groups in total. The van der Waals surface area contributed by atoms with Crippen molar-refractivity contribution in [3.05, 3.63) is 52.3 Å². The highest BCUT2D eigenvalue weighted by Gasteiger charge is 2.14. The van der Waals surface area contributed by atoms with Gasteiger partial charge in [-0.25, -0.2) is 0 Å². The van der Waals surface area contributed by atoms with E-state index in [2.05, 4.69) is 14.7 Å². The first kappa shape index (κ1) is 19.2. The molecule has 27 heavy (non-hydrogen) atoms. The predicted molar refractivity (Wildman–Crippen MR) is 108 cm³/mol. The minimum absolute atomic E-state index is 0.0984. The van der Waals surface area contributed by atoms with Crippen LogP contribution in [0.3, 0.4) is 0 Å². The number of thioether (sulfide) groups is 1. The Hall–Kier alpha value is -2.60. The van der Waals surface area contributed by atoms with Crippen LogP contribution in [0.1, 0.15) is 11.3 Å². The monoisotopic (exact) mass is 416 g/mol. The van der Waals surface area contributed by atoms with Crippen LogP contribution in [0.5, 0.6) is 0 Å². The maximum absolute atomic E-state index is 12.3. The molecule has 0 saturated heterocycles. The van der Waals surface area contributed by atoms with Crippen LogP contribution in [0.25, 0.3) is 17.4 Å². The van der Waals surface area contributed by atoms with Crippen molar-refractivity contribution in [1.82, 2.24) is 9.36 Å². The van der Waals surface area contributed by atoms with Crippen LogP contribution in [-0.2, 0) is 4.79 Å². The van der Waals surface area contributed by atoms with E-state index < -0.39 is 5.91 Å². The summed E-state index contributed by atoms with van der Waals surface area (Å²) < 4.78 is 9.78. The molecule has 0 radical (unpaired) electrons. The summed E-state index contributed by atoms with van der Waals surface area (Å²) in [7, 11) is 0.